The smallest absolute Gasteiger partial charge is 0.254 e. The molecule has 176 valence electrons. The predicted molar refractivity (Wildman–Crippen MR) is 131 cm³/mol. The first kappa shape index (κ1) is 22.8. The van der Waals surface area contributed by atoms with Gasteiger partial charge in [-0.15, -0.1) is 11.3 Å². The van der Waals surface area contributed by atoms with Crippen LogP contribution in [0.25, 0.3) is 10.2 Å². The molecule has 0 unspecified atom stereocenters. The van der Waals surface area contributed by atoms with E-state index in [-0.39, 0.29) is 17.3 Å². The van der Waals surface area contributed by atoms with E-state index in [9.17, 15) is 13.2 Å². The number of hydrogen-bond acceptors (Lipinski definition) is 6. The van der Waals surface area contributed by atoms with Crippen LogP contribution in [0.1, 0.15) is 45.4 Å². The van der Waals surface area contributed by atoms with Crippen LogP contribution in [-0.2, 0) is 16.6 Å². The molecule has 0 radical (unpaired) electrons. The first-order valence-corrected chi connectivity index (χ1v) is 13.5. The number of aryl methyl sites for hydroxylation is 1. The molecule has 1 amide bonds. The van der Waals surface area contributed by atoms with Gasteiger partial charge in [0.25, 0.3) is 5.91 Å². The van der Waals surface area contributed by atoms with Crippen LogP contribution in [0.4, 0.5) is 0 Å². The quantitative estimate of drug-likeness (QED) is 0.419. The number of nitrogens with one attached hydrogen (secondary N) is 1. The number of piperidine rings is 1. The second-order valence-corrected chi connectivity index (χ2v) is 11.3. The first-order chi connectivity index (χ1) is 16.4. The lowest BCUT2D eigenvalue weighted by Gasteiger charge is -2.31. The highest BCUT2D eigenvalue weighted by molar-refractivity contribution is 7.89. The molecule has 5 rings (SSSR count). The van der Waals surface area contributed by atoms with E-state index in [4.69, 9.17) is 9.40 Å². The van der Waals surface area contributed by atoms with Crippen molar-refractivity contribution in [3.05, 3.63) is 82.8 Å². The largest absolute Gasteiger partial charge is 0.468 e. The number of likely N-dealkylation sites (tertiary alicyclic amines) is 1. The van der Waals surface area contributed by atoms with Crippen LogP contribution >= 0.6 is 11.3 Å². The zero-order valence-corrected chi connectivity index (χ0v) is 20.4. The molecule has 1 N–H and O–H groups in total. The van der Waals surface area contributed by atoms with Gasteiger partial charge in [0, 0.05) is 24.6 Å². The summed E-state index contributed by atoms with van der Waals surface area (Å²) in [5.74, 6) is 0.714. The molecule has 0 bridgehead atoms. The highest BCUT2D eigenvalue weighted by atomic mass is 32.2. The maximum Gasteiger partial charge on any atom is 0.254 e. The monoisotopic (exact) mass is 495 g/mol. The maximum atomic E-state index is 13.3. The molecule has 3 heterocycles. The Hall–Kier alpha value is -3.01. The number of nitrogens with zero attached hydrogens (tertiary/aromatic N) is 2. The summed E-state index contributed by atoms with van der Waals surface area (Å²) >= 11 is 1.73. The van der Waals surface area contributed by atoms with E-state index in [1.54, 1.807) is 29.5 Å². The summed E-state index contributed by atoms with van der Waals surface area (Å²) in [7, 11) is -3.79. The summed E-state index contributed by atoms with van der Waals surface area (Å²) in [6, 6.07) is 16.2. The molecular formula is C25H25N3O4S2. The Balaban J connectivity index is 1.28. The Morgan fingerprint density at radius 3 is 2.68 bits per heavy atom. The Kier molecular flexibility index (Phi) is 6.24. The lowest BCUT2D eigenvalue weighted by atomic mass is 9.96. The van der Waals surface area contributed by atoms with E-state index in [0.29, 0.717) is 30.3 Å². The number of para-hydroxylation sites is 1. The number of carbonyl (C=O) groups excluding carboxylic acids is 1. The van der Waals surface area contributed by atoms with Crippen molar-refractivity contribution in [1.82, 2.24) is 14.6 Å². The zero-order chi connectivity index (χ0) is 23.7. The Bertz CT molecular complexity index is 1390. The van der Waals surface area contributed by atoms with Crippen molar-refractivity contribution in [1.29, 1.82) is 0 Å². The summed E-state index contributed by atoms with van der Waals surface area (Å²) in [6.45, 7) is 3.11. The molecule has 4 aromatic rings. The van der Waals surface area contributed by atoms with Gasteiger partial charge in [-0.1, -0.05) is 18.2 Å². The summed E-state index contributed by atoms with van der Waals surface area (Å²) in [6.07, 6.45) is 3.17. The van der Waals surface area contributed by atoms with E-state index < -0.39 is 10.0 Å². The fraction of sp³-hybridized carbons (Fsp3) is 0.280. The lowest BCUT2D eigenvalue weighted by Crippen LogP contribution is -2.38. The van der Waals surface area contributed by atoms with Gasteiger partial charge >= 0.3 is 0 Å². The minimum absolute atomic E-state index is 0.0474. The van der Waals surface area contributed by atoms with Crippen LogP contribution in [0.5, 0.6) is 0 Å². The third kappa shape index (κ3) is 4.64. The number of fused-ring (bicyclic) bond motifs is 1. The van der Waals surface area contributed by atoms with E-state index in [0.717, 1.165) is 28.9 Å². The number of sulfonamides is 1. The van der Waals surface area contributed by atoms with Crippen LogP contribution in [0, 0.1) is 6.92 Å². The SMILES string of the molecule is Cc1ccc(S(=O)(=O)NCc2ccco2)cc1C(=O)N1CCC(c2nc3ccccc3s2)CC1. The van der Waals surface area contributed by atoms with Crippen molar-refractivity contribution in [2.75, 3.05) is 13.1 Å². The van der Waals surface area contributed by atoms with Gasteiger partial charge in [-0.2, -0.15) is 0 Å². The molecule has 1 aliphatic rings. The van der Waals surface area contributed by atoms with Gasteiger partial charge in [0.1, 0.15) is 5.76 Å². The third-order valence-electron chi connectivity index (χ3n) is 6.21. The molecule has 0 atom stereocenters. The lowest BCUT2D eigenvalue weighted by molar-refractivity contribution is 0.0712. The van der Waals surface area contributed by atoms with Crippen LogP contribution in [0.3, 0.4) is 0 Å². The van der Waals surface area contributed by atoms with Crippen molar-refractivity contribution in [3.8, 4) is 0 Å². The second-order valence-electron chi connectivity index (χ2n) is 8.47. The minimum Gasteiger partial charge on any atom is -0.468 e. The summed E-state index contributed by atoms with van der Waals surface area (Å²) in [4.78, 5) is 20.0. The van der Waals surface area contributed by atoms with Crippen LogP contribution in [0.2, 0.25) is 0 Å². The Morgan fingerprint density at radius 1 is 1.15 bits per heavy atom. The second kappa shape index (κ2) is 9.32. The van der Waals surface area contributed by atoms with Gasteiger partial charge in [-0.25, -0.2) is 18.1 Å². The standard InChI is InChI=1S/C25H25N3O4S2/c1-17-8-9-20(34(30,31)26-16-19-5-4-14-32-19)15-21(17)25(29)28-12-10-18(11-13-28)24-27-22-6-2-3-7-23(22)33-24/h2-9,14-15,18,26H,10-13,16H2,1H3. The molecular weight excluding hydrogens is 470 g/mol. The van der Waals surface area contributed by atoms with Crippen LogP contribution in [-0.4, -0.2) is 37.3 Å². The third-order valence-corrected chi connectivity index (χ3v) is 8.81. The number of aromatic nitrogens is 1. The highest BCUT2D eigenvalue weighted by Crippen LogP contribution is 2.34. The fourth-order valence-corrected chi connectivity index (χ4v) is 6.38. The molecule has 1 aliphatic heterocycles. The van der Waals surface area contributed by atoms with E-state index in [1.165, 1.54) is 23.1 Å². The molecule has 34 heavy (non-hydrogen) atoms. The van der Waals surface area contributed by atoms with E-state index >= 15 is 0 Å². The molecule has 0 spiro atoms. The van der Waals surface area contributed by atoms with Gasteiger partial charge in [-0.3, -0.25) is 4.79 Å². The first-order valence-electron chi connectivity index (χ1n) is 11.2. The molecule has 2 aromatic heterocycles. The van der Waals surface area contributed by atoms with Gasteiger partial charge < -0.3 is 9.32 Å². The number of benzene rings is 2. The topological polar surface area (TPSA) is 92.5 Å². The van der Waals surface area contributed by atoms with Crippen molar-refractivity contribution in [2.45, 2.75) is 37.1 Å². The minimum atomic E-state index is -3.79. The van der Waals surface area contributed by atoms with Gasteiger partial charge in [-0.05, 0) is 61.7 Å². The number of furan rings is 1. The van der Waals surface area contributed by atoms with Crippen LogP contribution in [0.15, 0.2) is 70.2 Å². The molecule has 9 heteroatoms. The van der Waals surface area contributed by atoms with Gasteiger partial charge in [0.2, 0.25) is 10.0 Å². The van der Waals surface area contributed by atoms with E-state index in [1.807, 2.05) is 30.0 Å². The average molecular weight is 496 g/mol. The average Bonchev–Trinajstić information content (AvgIpc) is 3.52. The van der Waals surface area contributed by atoms with E-state index in [2.05, 4.69) is 10.8 Å². The Labute approximate surface area is 202 Å². The number of amides is 1. The van der Waals surface area contributed by atoms with Crippen molar-refractivity contribution in [3.63, 3.8) is 0 Å². The number of rotatable bonds is 6. The van der Waals surface area contributed by atoms with Gasteiger partial charge in [0.15, 0.2) is 0 Å². The Morgan fingerprint density at radius 2 is 1.94 bits per heavy atom. The molecule has 0 saturated carbocycles. The van der Waals surface area contributed by atoms with Gasteiger partial charge in [0.05, 0.1) is 32.9 Å². The van der Waals surface area contributed by atoms with Crippen molar-refractivity contribution in [2.24, 2.45) is 0 Å². The molecule has 7 nitrogen and oxygen atoms in total. The maximum absolute atomic E-state index is 13.3. The molecule has 1 fully saturated rings. The predicted octanol–water partition coefficient (Wildman–Crippen LogP) is 4.70. The fourth-order valence-electron chi connectivity index (χ4n) is 4.23. The zero-order valence-electron chi connectivity index (χ0n) is 18.7. The summed E-state index contributed by atoms with van der Waals surface area (Å²) < 4.78 is 34.5. The number of carbonyl (C=O) groups is 1. The summed E-state index contributed by atoms with van der Waals surface area (Å²) in [5, 5.41) is 1.13. The number of thiazole rings is 1. The van der Waals surface area contributed by atoms with Crippen molar-refractivity contribution < 1.29 is 17.6 Å². The number of hydrogen-bond donors (Lipinski definition) is 1. The molecule has 0 aliphatic carbocycles. The molecule has 2 aromatic carbocycles. The van der Waals surface area contributed by atoms with Crippen LogP contribution < -0.4 is 4.72 Å². The summed E-state index contributed by atoms with van der Waals surface area (Å²) in [5.41, 5.74) is 2.19. The normalized spacial score (nSPS) is 15.1. The molecule has 1 saturated heterocycles. The highest BCUT2D eigenvalue weighted by Gasteiger charge is 2.28. The van der Waals surface area contributed by atoms with Crippen molar-refractivity contribution >= 4 is 37.5 Å².